The van der Waals surface area contributed by atoms with Gasteiger partial charge in [-0.05, 0) is 57.7 Å². The Labute approximate surface area is 129 Å². The largest absolute Gasteiger partial charge is 0.393 e. The zero-order valence-electron chi connectivity index (χ0n) is 13.6. The predicted octanol–water partition coefficient (Wildman–Crippen LogP) is 2.87. The molecule has 1 aliphatic rings. The third kappa shape index (κ3) is 4.06. The molecule has 0 aromatic heterocycles. The molecule has 0 radical (unpaired) electrons. The van der Waals surface area contributed by atoms with Crippen LogP contribution in [0.4, 0.5) is 0 Å². The first-order valence-electron chi connectivity index (χ1n) is 8.27. The number of aryl methyl sites for hydroxylation is 1. The van der Waals surface area contributed by atoms with Crippen molar-refractivity contribution in [2.75, 3.05) is 13.1 Å². The molecule has 1 aliphatic heterocycles. The van der Waals surface area contributed by atoms with Gasteiger partial charge in [0.2, 0.25) is 0 Å². The van der Waals surface area contributed by atoms with E-state index in [0.717, 1.165) is 32.4 Å². The van der Waals surface area contributed by atoms with Gasteiger partial charge in [0.25, 0.3) is 0 Å². The molecule has 1 fully saturated rings. The molecule has 0 spiro atoms. The number of benzene rings is 1. The number of rotatable bonds is 5. The molecule has 3 N–H and O–H groups in total. The van der Waals surface area contributed by atoms with Crippen LogP contribution >= 0.6 is 0 Å². The Morgan fingerprint density at radius 1 is 1.24 bits per heavy atom. The number of aliphatic hydroxyl groups is 1. The zero-order valence-corrected chi connectivity index (χ0v) is 13.6. The Balaban J connectivity index is 2.12. The maximum absolute atomic E-state index is 9.76. The fourth-order valence-corrected chi connectivity index (χ4v) is 3.40. The van der Waals surface area contributed by atoms with Crippen molar-refractivity contribution in [3.8, 4) is 0 Å². The van der Waals surface area contributed by atoms with Gasteiger partial charge in [0.15, 0.2) is 0 Å². The number of aliphatic hydroxyl groups excluding tert-OH is 1. The maximum Gasteiger partial charge on any atom is 0.0541 e. The summed E-state index contributed by atoms with van der Waals surface area (Å²) >= 11 is 0. The van der Waals surface area contributed by atoms with Crippen molar-refractivity contribution in [3.05, 3.63) is 35.4 Å². The quantitative estimate of drug-likeness (QED) is 0.876. The highest BCUT2D eigenvalue weighted by Crippen LogP contribution is 2.31. The Morgan fingerprint density at radius 3 is 2.29 bits per heavy atom. The van der Waals surface area contributed by atoms with E-state index in [1.807, 2.05) is 6.92 Å². The summed E-state index contributed by atoms with van der Waals surface area (Å²) in [5, 5.41) is 9.76. The minimum absolute atomic E-state index is 0.163. The molecule has 0 amide bonds. The molecule has 0 bridgehead atoms. The first kappa shape index (κ1) is 16.5. The average molecular weight is 290 g/mol. The summed E-state index contributed by atoms with van der Waals surface area (Å²) < 4.78 is 0. The topological polar surface area (TPSA) is 49.5 Å². The third-order valence-corrected chi connectivity index (χ3v) is 4.95. The van der Waals surface area contributed by atoms with Crippen LogP contribution in [0.15, 0.2) is 24.3 Å². The number of likely N-dealkylation sites (tertiary alicyclic amines) is 1. The van der Waals surface area contributed by atoms with Crippen LogP contribution in [0.5, 0.6) is 0 Å². The van der Waals surface area contributed by atoms with E-state index in [9.17, 15) is 5.11 Å². The van der Waals surface area contributed by atoms with Crippen molar-refractivity contribution < 1.29 is 5.11 Å². The smallest absolute Gasteiger partial charge is 0.0541 e. The Hall–Kier alpha value is -0.900. The van der Waals surface area contributed by atoms with Gasteiger partial charge in [0, 0.05) is 12.1 Å². The van der Waals surface area contributed by atoms with Crippen molar-refractivity contribution in [2.45, 2.75) is 58.2 Å². The van der Waals surface area contributed by atoms with Crippen LogP contribution in [0.3, 0.4) is 0 Å². The second-order valence-corrected chi connectivity index (χ2v) is 6.54. The second-order valence-electron chi connectivity index (χ2n) is 6.54. The predicted molar refractivity (Wildman–Crippen MR) is 88.2 cm³/mol. The van der Waals surface area contributed by atoms with Crippen LogP contribution in [0.25, 0.3) is 0 Å². The van der Waals surface area contributed by atoms with Gasteiger partial charge in [-0.2, -0.15) is 0 Å². The van der Waals surface area contributed by atoms with E-state index in [4.69, 9.17) is 5.73 Å². The lowest BCUT2D eigenvalue weighted by Gasteiger charge is -2.41. The van der Waals surface area contributed by atoms with Crippen molar-refractivity contribution in [1.29, 1.82) is 0 Å². The van der Waals surface area contributed by atoms with Crippen LogP contribution in [-0.2, 0) is 0 Å². The minimum atomic E-state index is -0.190. The molecule has 1 aromatic rings. The molecular formula is C18H30N2O. The van der Waals surface area contributed by atoms with Gasteiger partial charge in [0.1, 0.15) is 0 Å². The van der Waals surface area contributed by atoms with Crippen LogP contribution in [0.1, 0.15) is 50.3 Å². The molecular weight excluding hydrogens is 260 g/mol. The van der Waals surface area contributed by atoms with Crippen molar-refractivity contribution in [2.24, 2.45) is 11.7 Å². The third-order valence-electron chi connectivity index (χ3n) is 4.95. The molecule has 1 heterocycles. The van der Waals surface area contributed by atoms with Crippen molar-refractivity contribution in [3.63, 3.8) is 0 Å². The molecule has 3 unspecified atom stereocenters. The summed E-state index contributed by atoms with van der Waals surface area (Å²) in [6.45, 7) is 8.25. The van der Waals surface area contributed by atoms with Gasteiger partial charge in [-0.15, -0.1) is 0 Å². The summed E-state index contributed by atoms with van der Waals surface area (Å²) in [6, 6.07) is 9.24. The van der Waals surface area contributed by atoms with Gasteiger partial charge in [-0.1, -0.05) is 36.8 Å². The average Bonchev–Trinajstić information content (AvgIpc) is 2.49. The molecule has 3 heteroatoms. The maximum atomic E-state index is 9.76. The highest BCUT2D eigenvalue weighted by Gasteiger charge is 2.30. The van der Waals surface area contributed by atoms with Gasteiger partial charge in [0.05, 0.1) is 6.10 Å². The van der Waals surface area contributed by atoms with Crippen molar-refractivity contribution in [1.82, 2.24) is 4.90 Å². The van der Waals surface area contributed by atoms with E-state index >= 15 is 0 Å². The molecule has 3 atom stereocenters. The standard InChI is InChI=1S/C18H30N2O/c1-4-17(19)18(16-7-5-13(2)6-8-16)20-11-9-15(10-12-20)14(3)21/h5-8,14-15,17-18,21H,4,9-12,19H2,1-3H3. The summed E-state index contributed by atoms with van der Waals surface area (Å²) in [7, 11) is 0. The van der Waals surface area contributed by atoms with E-state index in [1.54, 1.807) is 0 Å². The van der Waals surface area contributed by atoms with Crippen molar-refractivity contribution >= 4 is 0 Å². The molecule has 0 saturated carbocycles. The van der Waals surface area contributed by atoms with E-state index in [-0.39, 0.29) is 12.1 Å². The Kier molecular flexibility index (Phi) is 5.80. The molecule has 3 nitrogen and oxygen atoms in total. The van der Waals surface area contributed by atoms with E-state index < -0.39 is 0 Å². The number of piperidine rings is 1. The lowest BCUT2D eigenvalue weighted by Crippen LogP contribution is -2.45. The molecule has 1 aromatic carbocycles. The first-order chi connectivity index (χ1) is 10.0. The SMILES string of the molecule is CCC(N)C(c1ccc(C)cc1)N1CCC(C(C)O)CC1. The highest BCUT2D eigenvalue weighted by atomic mass is 16.3. The normalized spacial score (nSPS) is 22.0. The summed E-state index contributed by atoms with van der Waals surface area (Å²) in [6.07, 6.45) is 2.92. The highest BCUT2D eigenvalue weighted by molar-refractivity contribution is 5.25. The fraction of sp³-hybridized carbons (Fsp3) is 0.667. The Morgan fingerprint density at radius 2 is 1.81 bits per heavy atom. The fourth-order valence-electron chi connectivity index (χ4n) is 3.40. The summed E-state index contributed by atoms with van der Waals surface area (Å²) in [5.74, 6) is 0.442. The minimum Gasteiger partial charge on any atom is -0.393 e. The second kappa shape index (κ2) is 7.39. The van der Waals surface area contributed by atoms with E-state index in [1.165, 1.54) is 11.1 Å². The summed E-state index contributed by atoms with van der Waals surface area (Å²) in [4.78, 5) is 2.51. The van der Waals surface area contributed by atoms with Gasteiger partial charge >= 0.3 is 0 Å². The zero-order chi connectivity index (χ0) is 15.4. The van der Waals surface area contributed by atoms with Crippen LogP contribution in [0, 0.1) is 12.8 Å². The molecule has 118 valence electrons. The number of hydrogen-bond acceptors (Lipinski definition) is 3. The van der Waals surface area contributed by atoms with Gasteiger partial charge in [-0.3, -0.25) is 4.90 Å². The van der Waals surface area contributed by atoms with Gasteiger partial charge < -0.3 is 10.8 Å². The number of nitrogens with two attached hydrogens (primary N) is 1. The molecule has 1 saturated heterocycles. The van der Waals surface area contributed by atoms with Crippen LogP contribution in [0.2, 0.25) is 0 Å². The number of nitrogens with zero attached hydrogens (tertiary/aromatic N) is 1. The number of hydrogen-bond donors (Lipinski definition) is 2. The monoisotopic (exact) mass is 290 g/mol. The molecule has 0 aliphatic carbocycles. The van der Waals surface area contributed by atoms with Gasteiger partial charge in [-0.25, -0.2) is 0 Å². The first-order valence-corrected chi connectivity index (χ1v) is 8.27. The lowest BCUT2D eigenvalue weighted by atomic mass is 9.88. The van der Waals surface area contributed by atoms with Crippen LogP contribution < -0.4 is 5.73 Å². The molecule has 2 rings (SSSR count). The molecule has 21 heavy (non-hydrogen) atoms. The Bertz CT molecular complexity index is 421. The lowest BCUT2D eigenvalue weighted by molar-refractivity contribution is 0.0495. The van der Waals surface area contributed by atoms with E-state index in [2.05, 4.69) is 43.0 Å². The van der Waals surface area contributed by atoms with Crippen LogP contribution in [-0.4, -0.2) is 35.2 Å². The van der Waals surface area contributed by atoms with E-state index in [0.29, 0.717) is 12.0 Å². The summed E-state index contributed by atoms with van der Waals surface area (Å²) in [5.41, 5.74) is 9.03.